The van der Waals surface area contributed by atoms with Gasteiger partial charge in [-0.3, -0.25) is 4.98 Å². The fourth-order valence-electron chi connectivity index (χ4n) is 2.79. The average molecular weight is 302 g/mol. The molecule has 1 saturated heterocycles. The van der Waals surface area contributed by atoms with E-state index in [0.29, 0.717) is 19.8 Å². The Hall–Kier alpha value is -1.14. The molecular formula is C15H21F3N2O. The highest BCUT2D eigenvalue weighted by Gasteiger charge is 2.37. The molecule has 3 nitrogen and oxygen atoms in total. The van der Waals surface area contributed by atoms with Crippen molar-refractivity contribution in [1.29, 1.82) is 0 Å². The van der Waals surface area contributed by atoms with E-state index in [1.165, 1.54) is 12.4 Å². The maximum Gasteiger partial charge on any atom is 0.416 e. The van der Waals surface area contributed by atoms with E-state index in [9.17, 15) is 13.2 Å². The van der Waals surface area contributed by atoms with Crippen LogP contribution in [0.4, 0.5) is 13.2 Å². The zero-order chi connectivity index (χ0) is 15.3. The Balaban J connectivity index is 2.31. The van der Waals surface area contributed by atoms with Crippen LogP contribution in [-0.4, -0.2) is 24.7 Å². The third-order valence-corrected chi connectivity index (χ3v) is 3.84. The first-order chi connectivity index (χ1) is 10.0. The zero-order valence-corrected chi connectivity index (χ0v) is 12.1. The summed E-state index contributed by atoms with van der Waals surface area (Å²) in [6.45, 7) is 3.91. The number of nitrogens with one attached hydrogen (secondary N) is 1. The van der Waals surface area contributed by atoms with Crippen LogP contribution in [-0.2, 0) is 10.9 Å². The average Bonchev–Trinajstić information content (AvgIpc) is 2.48. The lowest BCUT2D eigenvalue weighted by atomic mass is 9.85. The van der Waals surface area contributed by atoms with Crippen molar-refractivity contribution >= 4 is 0 Å². The van der Waals surface area contributed by atoms with E-state index in [0.717, 1.165) is 25.3 Å². The van der Waals surface area contributed by atoms with Crippen LogP contribution < -0.4 is 5.32 Å². The van der Waals surface area contributed by atoms with Gasteiger partial charge in [0.25, 0.3) is 0 Å². The van der Waals surface area contributed by atoms with Crippen molar-refractivity contribution in [2.75, 3.05) is 19.8 Å². The largest absolute Gasteiger partial charge is 0.416 e. The number of alkyl halides is 3. The number of aromatic nitrogens is 1. The van der Waals surface area contributed by atoms with Crippen molar-refractivity contribution in [3.63, 3.8) is 0 Å². The molecule has 21 heavy (non-hydrogen) atoms. The molecule has 0 spiro atoms. The summed E-state index contributed by atoms with van der Waals surface area (Å²) in [6, 6.07) is 0.745. The third kappa shape index (κ3) is 4.17. The number of halogens is 3. The van der Waals surface area contributed by atoms with Crippen LogP contribution in [0.15, 0.2) is 18.5 Å². The van der Waals surface area contributed by atoms with E-state index >= 15 is 0 Å². The molecule has 0 aliphatic carbocycles. The van der Waals surface area contributed by atoms with Crippen LogP contribution in [0, 0.1) is 5.92 Å². The molecule has 1 atom stereocenters. The lowest BCUT2D eigenvalue weighted by Gasteiger charge is -2.32. The summed E-state index contributed by atoms with van der Waals surface area (Å²) in [6.07, 6.45) is 0.622. The molecule has 0 aromatic carbocycles. The third-order valence-electron chi connectivity index (χ3n) is 3.84. The highest BCUT2D eigenvalue weighted by Crippen LogP contribution is 2.38. The molecule has 118 valence electrons. The summed E-state index contributed by atoms with van der Waals surface area (Å²) in [5, 5.41) is 3.27. The SMILES string of the molecule is CCCNC(c1cnccc1C(F)(F)F)C1CCOCC1. The maximum absolute atomic E-state index is 13.2. The second kappa shape index (κ2) is 7.22. The molecule has 0 amide bonds. The minimum Gasteiger partial charge on any atom is -0.381 e. The van der Waals surface area contributed by atoms with Crippen LogP contribution in [0.2, 0.25) is 0 Å². The lowest BCUT2D eigenvalue weighted by molar-refractivity contribution is -0.138. The number of hydrogen-bond donors (Lipinski definition) is 1. The Morgan fingerprint density at radius 2 is 2.10 bits per heavy atom. The lowest BCUT2D eigenvalue weighted by Crippen LogP contribution is -2.34. The minimum atomic E-state index is -4.35. The second-order valence-corrected chi connectivity index (χ2v) is 5.34. The zero-order valence-electron chi connectivity index (χ0n) is 12.1. The number of ether oxygens (including phenoxy) is 1. The topological polar surface area (TPSA) is 34.2 Å². The van der Waals surface area contributed by atoms with Gasteiger partial charge in [0.15, 0.2) is 0 Å². The Bertz CT molecular complexity index is 445. The van der Waals surface area contributed by atoms with Crippen LogP contribution in [0.3, 0.4) is 0 Å². The highest BCUT2D eigenvalue weighted by atomic mass is 19.4. The highest BCUT2D eigenvalue weighted by molar-refractivity contribution is 5.30. The Kier molecular flexibility index (Phi) is 5.58. The van der Waals surface area contributed by atoms with E-state index in [1.807, 2.05) is 6.92 Å². The summed E-state index contributed by atoms with van der Waals surface area (Å²) < 4.78 is 45.0. The molecule has 1 aromatic rings. The van der Waals surface area contributed by atoms with Gasteiger partial charge in [0, 0.05) is 31.6 Å². The molecule has 1 N–H and O–H groups in total. The van der Waals surface area contributed by atoms with Gasteiger partial charge in [0.2, 0.25) is 0 Å². The van der Waals surface area contributed by atoms with E-state index in [2.05, 4.69) is 10.3 Å². The monoisotopic (exact) mass is 302 g/mol. The number of pyridine rings is 1. The summed E-state index contributed by atoms with van der Waals surface area (Å²) >= 11 is 0. The molecule has 1 fully saturated rings. The maximum atomic E-state index is 13.2. The second-order valence-electron chi connectivity index (χ2n) is 5.34. The molecule has 1 unspecified atom stereocenters. The standard InChI is InChI=1S/C15H21F3N2O/c1-2-6-20-14(11-4-8-21-9-5-11)12-10-19-7-3-13(12)15(16,17)18/h3,7,10-11,14,20H,2,4-6,8-9H2,1H3. The van der Waals surface area contributed by atoms with E-state index in [4.69, 9.17) is 4.74 Å². The van der Waals surface area contributed by atoms with Crippen LogP contribution >= 0.6 is 0 Å². The summed E-state index contributed by atoms with van der Waals surface area (Å²) in [4.78, 5) is 3.91. The van der Waals surface area contributed by atoms with Gasteiger partial charge in [0.05, 0.1) is 5.56 Å². The smallest absolute Gasteiger partial charge is 0.381 e. The van der Waals surface area contributed by atoms with Gasteiger partial charge in [0.1, 0.15) is 0 Å². The Labute approximate surface area is 122 Å². The van der Waals surface area contributed by atoms with Crippen molar-refractivity contribution in [2.45, 2.75) is 38.4 Å². The van der Waals surface area contributed by atoms with Crippen molar-refractivity contribution < 1.29 is 17.9 Å². The molecule has 1 aromatic heterocycles. The van der Waals surface area contributed by atoms with Gasteiger partial charge in [-0.25, -0.2) is 0 Å². The van der Waals surface area contributed by atoms with E-state index in [1.54, 1.807) is 0 Å². The van der Waals surface area contributed by atoms with Gasteiger partial charge in [-0.05, 0) is 43.4 Å². The van der Waals surface area contributed by atoms with Crippen molar-refractivity contribution in [1.82, 2.24) is 10.3 Å². The van der Waals surface area contributed by atoms with E-state index in [-0.39, 0.29) is 17.5 Å². The van der Waals surface area contributed by atoms with Gasteiger partial charge in [-0.1, -0.05) is 6.92 Å². The fourth-order valence-corrected chi connectivity index (χ4v) is 2.79. The molecule has 0 bridgehead atoms. The molecule has 6 heteroatoms. The Morgan fingerprint density at radius 3 is 2.71 bits per heavy atom. The number of nitrogens with zero attached hydrogens (tertiary/aromatic N) is 1. The Morgan fingerprint density at radius 1 is 1.38 bits per heavy atom. The van der Waals surface area contributed by atoms with Gasteiger partial charge >= 0.3 is 6.18 Å². The molecule has 2 heterocycles. The predicted octanol–water partition coefficient (Wildman–Crippen LogP) is 3.57. The van der Waals surface area contributed by atoms with E-state index < -0.39 is 11.7 Å². The van der Waals surface area contributed by atoms with Gasteiger partial charge in [-0.15, -0.1) is 0 Å². The van der Waals surface area contributed by atoms with Crippen LogP contribution in [0.1, 0.15) is 43.4 Å². The molecule has 0 radical (unpaired) electrons. The molecular weight excluding hydrogens is 281 g/mol. The first-order valence-corrected chi connectivity index (χ1v) is 7.36. The summed E-state index contributed by atoms with van der Waals surface area (Å²) in [7, 11) is 0. The van der Waals surface area contributed by atoms with Crippen LogP contribution in [0.5, 0.6) is 0 Å². The van der Waals surface area contributed by atoms with Crippen molar-refractivity contribution in [2.24, 2.45) is 5.92 Å². The molecule has 0 saturated carbocycles. The number of rotatable bonds is 5. The summed E-state index contributed by atoms with van der Waals surface area (Å²) in [5.41, 5.74) is -0.331. The molecule has 2 rings (SSSR count). The van der Waals surface area contributed by atoms with Crippen molar-refractivity contribution in [3.05, 3.63) is 29.6 Å². The van der Waals surface area contributed by atoms with Crippen LogP contribution in [0.25, 0.3) is 0 Å². The molecule has 1 aliphatic rings. The number of hydrogen-bond acceptors (Lipinski definition) is 3. The first-order valence-electron chi connectivity index (χ1n) is 7.36. The van der Waals surface area contributed by atoms with Gasteiger partial charge in [-0.2, -0.15) is 13.2 Å². The summed E-state index contributed by atoms with van der Waals surface area (Å²) in [5.74, 6) is 0.149. The predicted molar refractivity (Wildman–Crippen MR) is 73.8 cm³/mol. The first kappa shape index (κ1) is 16.2. The van der Waals surface area contributed by atoms with Crippen molar-refractivity contribution in [3.8, 4) is 0 Å². The quantitative estimate of drug-likeness (QED) is 0.903. The minimum absolute atomic E-state index is 0.149. The fraction of sp³-hybridized carbons (Fsp3) is 0.667. The normalized spacial score (nSPS) is 18.7. The van der Waals surface area contributed by atoms with Gasteiger partial charge < -0.3 is 10.1 Å². The molecule has 1 aliphatic heterocycles.